The number of rotatable bonds is 4. The molecule has 2 N–H and O–H groups in total. The Kier molecular flexibility index (Phi) is 5.37. The molecule has 1 aliphatic rings. The van der Waals surface area contributed by atoms with Gasteiger partial charge in [-0.25, -0.2) is 14.8 Å². The van der Waals surface area contributed by atoms with E-state index in [2.05, 4.69) is 21.4 Å². The number of carbonyl (C=O) groups is 1. The Morgan fingerprint density at radius 3 is 2.85 bits per heavy atom. The quantitative estimate of drug-likeness (QED) is 0.872. The summed E-state index contributed by atoms with van der Waals surface area (Å²) in [5.74, 6) is 0.620. The van der Waals surface area contributed by atoms with E-state index in [-0.39, 0.29) is 18.7 Å². The lowest BCUT2D eigenvalue weighted by molar-refractivity contribution is 0.126. The monoisotopic (exact) mass is 355 g/mol. The molecule has 2 amide bonds. The number of nitrogens with zero attached hydrogens (tertiary/aromatic N) is 4. The number of hydrogen-bond donors (Lipinski definition) is 2. The molecule has 138 valence electrons. The van der Waals surface area contributed by atoms with Crippen LogP contribution in [-0.2, 0) is 13.0 Å². The van der Waals surface area contributed by atoms with Gasteiger partial charge in [-0.3, -0.25) is 0 Å². The van der Waals surface area contributed by atoms with Gasteiger partial charge in [-0.15, -0.1) is 0 Å². The molecule has 0 bridgehead atoms. The lowest BCUT2D eigenvalue weighted by Crippen LogP contribution is -2.46. The summed E-state index contributed by atoms with van der Waals surface area (Å²) in [5, 5.41) is 12.8. The van der Waals surface area contributed by atoms with Gasteiger partial charge < -0.3 is 20.2 Å². The number of carbonyl (C=O) groups excluding carboxylic acids is 1. The van der Waals surface area contributed by atoms with E-state index in [1.54, 1.807) is 4.90 Å². The van der Waals surface area contributed by atoms with E-state index in [1.165, 1.54) is 5.56 Å². The van der Waals surface area contributed by atoms with E-state index in [1.807, 2.05) is 50.2 Å². The van der Waals surface area contributed by atoms with Crippen molar-refractivity contribution in [3.05, 3.63) is 52.8 Å². The van der Waals surface area contributed by atoms with Gasteiger partial charge in [-0.2, -0.15) is 0 Å². The van der Waals surface area contributed by atoms with E-state index in [9.17, 15) is 9.90 Å². The third kappa shape index (κ3) is 3.77. The maximum absolute atomic E-state index is 12.7. The molecule has 0 saturated carbocycles. The predicted octanol–water partition coefficient (Wildman–Crippen LogP) is 1.65. The number of benzene rings is 1. The average Bonchev–Trinajstić information content (AvgIpc) is 2.64. The normalized spacial score (nSPS) is 16.2. The molecule has 7 nitrogen and oxygen atoms in total. The minimum Gasteiger partial charge on any atom is -0.394 e. The van der Waals surface area contributed by atoms with Gasteiger partial charge in [0.15, 0.2) is 0 Å². The zero-order chi connectivity index (χ0) is 18.7. The predicted molar refractivity (Wildman–Crippen MR) is 100 cm³/mol. The molecule has 2 heterocycles. The maximum atomic E-state index is 12.7. The molecule has 0 radical (unpaired) electrons. The van der Waals surface area contributed by atoms with Crippen molar-refractivity contribution in [3.8, 4) is 0 Å². The van der Waals surface area contributed by atoms with Gasteiger partial charge in [0.2, 0.25) is 5.95 Å². The average molecular weight is 355 g/mol. The van der Waals surface area contributed by atoms with Crippen LogP contribution in [0.25, 0.3) is 0 Å². The minimum atomic E-state index is -0.315. The highest BCUT2D eigenvalue weighted by molar-refractivity contribution is 5.75. The molecule has 0 saturated heterocycles. The van der Waals surface area contributed by atoms with Gasteiger partial charge in [0.25, 0.3) is 0 Å². The van der Waals surface area contributed by atoms with Crippen molar-refractivity contribution < 1.29 is 9.90 Å². The summed E-state index contributed by atoms with van der Waals surface area (Å²) in [7, 11) is 3.77. The van der Waals surface area contributed by atoms with Crippen molar-refractivity contribution in [2.45, 2.75) is 25.9 Å². The zero-order valence-electron chi connectivity index (χ0n) is 15.4. The first-order chi connectivity index (χ1) is 12.5. The van der Waals surface area contributed by atoms with Crippen LogP contribution >= 0.6 is 0 Å². The Labute approximate surface area is 153 Å². The van der Waals surface area contributed by atoms with Crippen molar-refractivity contribution >= 4 is 12.0 Å². The number of urea groups is 1. The SMILES string of the molecule is Cc1cc(CNC(=O)N2CCc3ccccc3[C@@H]2CO)nc(N(C)C)n1. The van der Waals surface area contributed by atoms with E-state index in [4.69, 9.17) is 0 Å². The van der Waals surface area contributed by atoms with Gasteiger partial charge in [-0.05, 0) is 30.5 Å². The molecule has 0 fully saturated rings. The van der Waals surface area contributed by atoms with E-state index >= 15 is 0 Å². The van der Waals surface area contributed by atoms with Gasteiger partial charge in [0.1, 0.15) is 0 Å². The van der Waals surface area contributed by atoms with Crippen molar-refractivity contribution in [1.82, 2.24) is 20.2 Å². The van der Waals surface area contributed by atoms with E-state index < -0.39 is 0 Å². The zero-order valence-corrected chi connectivity index (χ0v) is 15.4. The summed E-state index contributed by atoms with van der Waals surface area (Å²) in [5.41, 5.74) is 3.82. The lowest BCUT2D eigenvalue weighted by atomic mass is 9.93. The Bertz CT molecular complexity index is 793. The highest BCUT2D eigenvalue weighted by atomic mass is 16.3. The van der Waals surface area contributed by atoms with Crippen molar-refractivity contribution in [3.63, 3.8) is 0 Å². The second kappa shape index (κ2) is 7.70. The van der Waals surface area contributed by atoms with E-state index in [0.717, 1.165) is 23.4 Å². The fraction of sp³-hybridized carbons (Fsp3) is 0.421. The first kappa shape index (κ1) is 18.1. The Morgan fingerprint density at radius 2 is 2.12 bits per heavy atom. The fourth-order valence-corrected chi connectivity index (χ4v) is 3.27. The van der Waals surface area contributed by atoms with Crippen molar-refractivity contribution in [2.24, 2.45) is 0 Å². The molecule has 1 aromatic carbocycles. The summed E-state index contributed by atoms with van der Waals surface area (Å²) in [6.45, 7) is 2.71. The fourth-order valence-electron chi connectivity index (χ4n) is 3.27. The number of nitrogens with one attached hydrogen (secondary N) is 1. The number of aryl methyl sites for hydroxylation is 1. The number of aromatic nitrogens is 2. The Hall–Kier alpha value is -2.67. The number of aliphatic hydroxyl groups excluding tert-OH is 1. The summed E-state index contributed by atoms with van der Waals surface area (Å²) < 4.78 is 0. The van der Waals surface area contributed by atoms with Crippen LogP contribution in [0.15, 0.2) is 30.3 Å². The highest BCUT2D eigenvalue weighted by Gasteiger charge is 2.29. The summed E-state index contributed by atoms with van der Waals surface area (Å²) in [6.07, 6.45) is 0.789. The van der Waals surface area contributed by atoms with Crippen LogP contribution in [0.2, 0.25) is 0 Å². The minimum absolute atomic E-state index is 0.0954. The molecule has 7 heteroatoms. The molecule has 0 aliphatic carbocycles. The van der Waals surface area contributed by atoms with Crippen LogP contribution in [0.3, 0.4) is 0 Å². The van der Waals surface area contributed by atoms with Gasteiger partial charge in [0, 0.05) is 26.3 Å². The highest BCUT2D eigenvalue weighted by Crippen LogP contribution is 2.29. The van der Waals surface area contributed by atoms with Crippen LogP contribution < -0.4 is 10.2 Å². The van der Waals surface area contributed by atoms with Gasteiger partial charge >= 0.3 is 6.03 Å². The summed E-state index contributed by atoms with van der Waals surface area (Å²) in [6, 6.07) is 9.32. The molecule has 0 unspecified atom stereocenters. The number of hydrogen-bond acceptors (Lipinski definition) is 5. The van der Waals surface area contributed by atoms with Crippen LogP contribution in [0.4, 0.5) is 10.7 Å². The Morgan fingerprint density at radius 1 is 1.35 bits per heavy atom. The van der Waals surface area contributed by atoms with Crippen LogP contribution in [0.5, 0.6) is 0 Å². The number of amides is 2. The smallest absolute Gasteiger partial charge is 0.318 e. The van der Waals surface area contributed by atoms with Crippen LogP contribution in [0.1, 0.15) is 28.6 Å². The molecule has 3 rings (SSSR count). The second-order valence-corrected chi connectivity index (χ2v) is 6.69. The molecule has 0 spiro atoms. The van der Waals surface area contributed by atoms with Gasteiger partial charge in [0.05, 0.1) is 24.9 Å². The molecular weight excluding hydrogens is 330 g/mol. The largest absolute Gasteiger partial charge is 0.394 e. The third-order valence-electron chi connectivity index (χ3n) is 4.56. The Balaban J connectivity index is 1.71. The third-order valence-corrected chi connectivity index (χ3v) is 4.56. The van der Waals surface area contributed by atoms with Crippen molar-refractivity contribution in [2.75, 3.05) is 32.1 Å². The first-order valence-corrected chi connectivity index (χ1v) is 8.74. The maximum Gasteiger partial charge on any atom is 0.318 e. The molecule has 2 aromatic rings. The molecule has 1 aromatic heterocycles. The second-order valence-electron chi connectivity index (χ2n) is 6.69. The lowest BCUT2D eigenvalue weighted by Gasteiger charge is -2.36. The first-order valence-electron chi connectivity index (χ1n) is 8.74. The number of fused-ring (bicyclic) bond motifs is 1. The molecule has 1 atom stereocenters. The number of aliphatic hydroxyl groups is 1. The van der Waals surface area contributed by atoms with Gasteiger partial charge in [-0.1, -0.05) is 24.3 Å². The summed E-state index contributed by atoms with van der Waals surface area (Å²) in [4.78, 5) is 25.1. The molecule has 1 aliphatic heterocycles. The van der Waals surface area contributed by atoms with Crippen molar-refractivity contribution in [1.29, 1.82) is 0 Å². The topological polar surface area (TPSA) is 81.6 Å². The standard InChI is InChI=1S/C19H25N5O2/c1-13-10-15(22-18(21-13)23(2)3)11-20-19(26)24-9-8-14-6-4-5-7-16(14)17(24)12-25/h4-7,10,17,25H,8-9,11-12H2,1-3H3,(H,20,26)/t17-/m0/s1. The van der Waals surface area contributed by atoms with E-state index in [0.29, 0.717) is 19.0 Å². The number of anilines is 1. The van der Waals surface area contributed by atoms with Crippen LogP contribution in [0, 0.1) is 6.92 Å². The van der Waals surface area contributed by atoms with Crippen LogP contribution in [-0.4, -0.2) is 53.3 Å². The molecule has 26 heavy (non-hydrogen) atoms. The molecular formula is C19H25N5O2. The summed E-state index contributed by atoms with van der Waals surface area (Å²) >= 11 is 0.